The molecule has 3 heteroatoms. The van der Waals surface area contributed by atoms with Crippen LogP contribution in [0.1, 0.15) is 24.8 Å². The molecule has 0 N–H and O–H groups in total. The molecule has 1 aromatic rings. The first-order valence-corrected chi connectivity index (χ1v) is 7.03. The molecular weight excluding hydrogens is 295 g/mol. The SMILES string of the molecule is Clc1cccc(CC2(CBr)CCC2)c1Cl. The van der Waals surface area contributed by atoms with Gasteiger partial charge in [-0.2, -0.15) is 0 Å². The minimum atomic E-state index is 0.425. The van der Waals surface area contributed by atoms with E-state index in [1.165, 1.54) is 24.8 Å². The molecule has 0 saturated heterocycles. The van der Waals surface area contributed by atoms with Crippen LogP contribution >= 0.6 is 39.1 Å². The van der Waals surface area contributed by atoms with Gasteiger partial charge in [-0.05, 0) is 36.3 Å². The highest BCUT2D eigenvalue weighted by Gasteiger charge is 2.36. The lowest BCUT2D eigenvalue weighted by atomic mass is 9.67. The Balaban J connectivity index is 2.20. The third-order valence-corrected chi connectivity index (χ3v) is 5.34. The van der Waals surface area contributed by atoms with E-state index in [9.17, 15) is 0 Å². The molecule has 0 aromatic heterocycles. The number of halogens is 3. The summed E-state index contributed by atoms with van der Waals surface area (Å²) in [6.45, 7) is 0. The number of benzene rings is 1. The van der Waals surface area contributed by atoms with E-state index in [0.29, 0.717) is 10.4 Å². The summed E-state index contributed by atoms with van der Waals surface area (Å²) in [6.07, 6.45) is 4.96. The average Bonchev–Trinajstić information content (AvgIpc) is 2.18. The Labute approximate surface area is 109 Å². The monoisotopic (exact) mass is 306 g/mol. The van der Waals surface area contributed by atoms with E-state index in [1.54, 1.807) is 0 Å². The Kier molecular flexibility index (Phi) is 3.64. The molecule has 82 valence electrons. The molecule has 0 atom stereocenters. The van der Waals surface area contributed by atoms with Crippen molar-refractivity contribution in [3.05, 3.63) is 33.8 Å². The first-order chi connectivity index (χ1) is 7.17. The van der Waals surface area contributed by atoms with Crippen LogP contribution in [0.5, 0.6) is 0 Å². The van der Waals surface area contributed by atoms with Crippen LogP contribution in [0.3, 0.4) is 0 Å². The van der Waals surface area contributed by atoms with Crippen molar-refractivity contribution in [2.45, 2.75) is 25.7 Å². The van der Waals surface area contributed by atoms with Crippen LogP contribution in [0.25, 0.3) is 0 Å². The third-order valence-electron chi connectivity index (χ3n) is 3.29. The largest absolute Gasteiger partial charge is 0.0922 e. The second kappa shape index (κ2) is 4.65. The Morgan fingerprint density at radius 2 is 2.00 bits per heavy atom. The first kappa shape index (κ1) is 11.8. The minimum absolute atomic E-state index is 0.425. The van der Waals surface area contributed by atoms with Gasteiger partial charge in [0.05, 0.1) is 10.0 Å². The maximum absolute atomic E-state index is 6.19. The summed E-state index contributed by atoms with van der Waals surface area (Å²) in [6, 6.07) is 5.90. The second-order valence-corrected chi connectivity index (χ2v) is 5.72. The van der Waals surface area contributed by atoms with Crippen LogP contribution in [0.4, 0.5) is 0 Å². The molecule has 1 aromatic carbocycles. The van der Waals surface area contributed by atoms with E-state index in [4.69, 9.17) is 23.2 Å². The summed E-state index contributed by atoms with van der Waals surface area (Å²) in [5.74, 6) is 0. The molecule has 0 bridgehead atoms. The predicted octanol–water partition coefficient (Wildman–Crippen LogP) is 5.10. The van der Waals surface area contributed by atoms with E-state index in [2.05, 4.69) is 22.0 Å². The summed E-state index contributed by atoms with van der Waals surface area (Å²) in [5, 5.41) is 2.45. The highest BCUT2D eigenvalue weighted by molar-refractivity contribution is 9.09. The lowest BCUT2D eigenvalue weighted by Crippen LogP contribution is -2.33. The molecule has 0 nitrogen and oxygen atoms in total. The number of hydrogen-bond donors (Lipinski definition) is 0. The van der Waals surface area contributed by atoms with Gasteiger partial charge in [0, 0.05) is 5.33 Å². The molecule has 15 heavy (non-hydrogen) atoms. The molecule has 0 spiro atoms. The van der Waals surface area contributed by atoms with Crippen molar-refractivity contribution in [1.82, 2.24) is 0 Å². The van der Waals surface area contributed by atoms with Gasteiger partial charge < -0.3 is 0 Å². The van der Waals surface area contributed by atoms with E-state index < -0.39 is 0 Å². The Morgan fingerprint density at radius 1 is 1.27 bits per heavy atom. The van der Waals surface area contributed by atoms with E-state index in [-0.39, 0.29) is 0 Å². The van der Waals surface area contributed by atoms with Crippen LogP contribution in [0.15, 0.2) is 18.2 Å². The summed E-state index contributed by atoms with van der Waals surface area (Å²) in [4.78, 5) is 0. The van der Waals surface area contributed by atoms with Crippen LogP contribution in [0, 0.1) is 5.41 Å². The Hall–Kier alpha value is 0.280. The summed E-state index contributed by atoms with van der Waals surface area (Å²) < 4.78 is 0. The molecule has 1 aliphatic rings. The normalized spacial score (nSPS) is 18.6. The van der Waals surface area contributed by atoms with Gasteiger partial charge in [0.2, 0.25) is 0 Å². The van der Waals surface area contributed by atoms with Crippen molar-refractivity contribution in [1.29, 1.82) is 0 Å². The molecule has 1 saturated carbocycles. The van der Waals surface area contributed by atoms with Crippen molar-refractivity contribution < 1.29 is 0 Å². The van der Waals surface area contributed by atoms with Crippen LogP contribution < -0.4 is 0 Å². The Bertz CT molecular complexity index is 353. The molecular formula is C12H13BrCl2. The minimum Gasteiger partial charge on any atom is -0.0922 e. The summed E-state index contributed by atoms with van der Waals surface area (Å²) in [5.41, 5.74) is 1.61. The zero-order chi connectivity index (χ0) is 10.9. The quantitative estimate of drug-likeness (QED) is 0.681. The number of alkyl halides is 1. The first-order valence-electron chi connectivity index (χ1n) is 5.16. The smallest absolute Gasteiger partial charge is 0.0624 e. The number of hydrogen-bond acceptors (Lipinski definition) is 0. The summed E-state index contributed by atoms with van der Waals surface area (Å²) in [7, 11) is 0. The molecule has 1 aliphatic carbocycles. The van der Waals surface area contributed by atoms with Crippen LogP contribution in [-0.2, 0) is 6.42 Å². The van der Waals surface area contributed by atoms with Crippen molar-refractivity contribution in [2.24, 2.45) is 5.41 Å². The zero-order valence-electron chi connectivity index (χ0n) is 8.40. The molecule has 1 fully saturated rings. The van der Waals surface area contributed by atoms with Gasteiger partial charge in [0.25, 0.3) is 0 Å². The fraction of sp³-hybridized carbons (Fsp3) is 0.500. The van der Waals surface area contributed by atoms with E-state index >= 15 is 0 Å². The van der Waals surface area contributed by atoms with Crippen molar-refractivity contribution in [2.75, 3.05) is 5.33 Å². The molecule has 2 rings (SSSR count). The summed E-state index contributed by atoms with van der Waals surface area (Å²) >= 11 is 15.8. The van der Waals surface area contributed by atoms with Gasteiger partial charge in [-0.3, -0.25) is 0 Å². The van der Waals surface area contributed by atoms with Crippen molar-refractivity contribution in [3.8, 4) is 0 Å². The van der Waals surface area contributed by atoms with E-state index in [0.717, 1.165) is 16.8 Å². The highest BCUT2D eigenvalue weighted by Crippen LogP contribution is 2.46. The topological polar surface area (TPSA) is 0 Å². The number of rotatable bonds is 3. The van der Waals surface area contributed by atoms with Gasteiger partial charge in [0.15, 0.2) is 0 Å². The third kappa shape index (κ3) is 2.35. The van der Waals surface area contributed by atoms with Gasteiger partial charge in [-0.1, -0.05) is 57.7 Å². The van der Waals surface area contributed by atoms with Gasteiger partial charge in [0.1, 0.15) is 0 Å². The lowest BCUT2D eigenvalue weighted by Gasteiger charge is -2.41. The molecule has 0 radical (unpaired) electrons. The predicted molar refractivity (Wildman–Crippen MR) is 70.2 cm³/mol. The van der Waals surface area contributed by atoms with Gasteiger partial charge >= 0.3 is 0 Å². The molecule has 0 heterocycles. The van der Waals surface area contributed by atoms with Gasteiger partial charge in [-0.25, -0.2) is 0 Å². The van der Waals surface area contributed by atoms with E-state index in [1.807, 2.05) is 12.1 Å². The van der Waals surface area contributed by atoms with Crippen LogP contribution in [-0.4, -0.2) is 5.33 Å². The molecule has 0 unspecified atom stereocenters. The Morgan fingerprint density at radius 3 is 2.53 bits per heavy atom. The standard InChI is InChI=1S/C12H13BrCl2/c13-8-12(5-2-6-12)7-9-3-1-4-10(14)11(9)15/h1,3-4H,2,5-8H2. The van der Waals surface area contributed by atoms with Crippen molar-refractivity contribution >= 4 is 39.1 Å². The lowest BCUT2D eigenvalue weighted by molar-refractivity contribution is 0.170. The maximum Gasteiger partial charge on any atom is 0.0624 e. The molecule has 0 amide bonds. The van der Waals surface area contributed by atoms with Gasteiger partial charge in [-0.15, -0.1) is 0 Å². The fourth-order valence-electron chi connectivity index (χ4n) is 2.12. The average molecular weight is 308 g/mol. The fourth-order valence-corrected chi connectivity index (χ4v) is 3.27. The highest BCUT2D eigenvalue weighted by atomic mass is 79.9. The zero-order valence-corrected chi connectivity index (χ0v) is 11.5. The second-order valence-electron chi connectivity index (χ2n) is 4.38. The maximum atomic E-state index is 6.19. The molecule has 0 aliphatic heterocycles. The van der Waals surface area contributed by atoms with Crippen LogP contribution in [0.2, 0.25) is 10.0 Å². The van der Waals surface area contributed by atoms with Crippen molar-refractivity contribution in [3.63, 3.8) is 0 Å².